The maximum atomic E-state index is 13.4. The molecule has 11 heteroatoms. The van der Waals surface area contributed by atoms with Crippen LogP contribution in [0.15, 0.2) is 41.6 Å². The number of alkyl halides is 3. The fourth-order valence-electron chi connectivity index (χ4n) is 4.94. The van der Waals surface area contributed by atoms with Crippen LogP contribution in [0, 0.1) is 11.8 Å². The summed E-state index contributed by atoms with van der Waals surface area (Å²) < 4.78 is 45.4. The number of aromatic nitrogens is 1. The molecule has 2 atom stereocenters. The molecule has 1 aromatic heterocycles. The van der Waals surface area contributed by atoms with Crippen LogP contribution in [0.4, 0.5) is 24.5 Å². The molecule has 1 saturated heterocycles. The molecule has 36 heavy (non-hydrogen) atoms. The summed E-state index contributed by atoms with van der Waals surface area (Å²) in [6.07, 6.45) is -0.678. The average Bonchev–Trinajstić information content (AvgIpc) is 3.16. The lowest BCUT2D eigenvalue weighted by atomic mass is 9.90. The highest BCUT2D eigenvalue weighted by atomic mass is 35.5. The molecule has 0 spiro atoms. The van der Waals surface area contributed by atoms with E-state index in [0.29, 0.717) is 22.5 Å². The molecule has 0 bridgehead atoms. The third-order valence-electron chi connectivity index (χ3n) is 6.91. The number of nitrogens with zero attached hydrogens (tertiary/aromatic N) is 4. The first-order chi connectivity index (χ1) is 17.1. The van der Waals surface area contributed by atoms with E-state index in [9.17, 15) is 23.1 Å². The van der Waals surface area contributed by atoms with E-state index >= 15 is 0 Å². The lowest BCUT2D eigenvalue weighted by Gasteiger charge is -2.34. The van der Waals surface area contributed by atoms with Gasteiger partial charge in [0.25, 0.3) is 0 Å². The van der Waals surface area contributed by atoms with E-state index in [1.54, 1.807) is 25.4 Å². The van der Waals surface area contributed by atoms with Gasteiger partial charge in [0.1, 0.15) is 5.71 Å². The highest BCUT2D eigenvalue weighted by Crippen LogP contribution is 2.37. The second-order valence-corrected chi connectivity index (χ2v) is 9.67. The number of methoxy groups -OCH3 is 1. The van der Waals surface area contributed by atoms with Crippen molar-refractivity contribution in [2.24, 2.45) is 16.9 Å². The predicted octanol–water partition coefficient (Wildman–Crippen LogP) is 5.42. The number of hydrazone groups is 1. The van der Waals surface area contributed by atoms with Crippen LogP contribution in [-0.2, 0) is 11.2 Å². The number of pyridine rings is 1. The van der Waals surface area contributed by atoms with E-state index in [0.717, 1.165) is 43.6 Å². The Hall–Kier alpha value is -3.01. The normalized spacial score (nSPS) is 21.0. The van der Waals surface area contributed by atoms with E-state index in [2.05, 4.69) is 15.0 Å². The molecule has 0 radical (unpaired) electrons. The number of hydrogen-bond donors (Lipinski definition) is 1. The molecule has 0 aliphatic carbocycles. The number of anilines is 2. The Labute approximate surface area is 212 Å². The first kappa shape index (κ1) is 26.1. The van der Waals surface area contributed by atoms with Crippen LogP contribution in [0.25, 0.3) is 0 Å². The first-order valence-corrected chi connectivity index (χ1v) is 12.1. The minimum atomic E-state index is -4.61. The summed E-state index contributed by atoms with van der Waals surface area (Å²) in [6, 6.07) is 8.15. The standard InChI is InChI=1S/C25H28ClF3N4O3/c1-15-20(13-23(34)35)33(31-24(15)25(27,28)29)18-5-3-16(4-6-18)11-17-7-9-32(10-8-17)21-12-22(36-2)30-14-19(21)26/h3-6,12,14-15,17,20H,7-11,13H2,1-2H3,(H,34,35). The van der Waals surface area contributed by atoms with E-state index < -0.39 is 36.2 Å². The summed E-state index contributed by atoms with van der Waals surface area (Å²) in [6.45, 7) is 3.05. The highest BCUT2D eigenvalue weighted by Gasteiger charge is 2.48. The monoisotopic (exact) mass is 524 g/mol. The Bertz CT molecular complexity index is 1120. The maximum absolute atomic E-state index is 13.4. The Morgan fingerprint density at radius 1 is 1.22 bits per heavy atom. The molecule has 1 fully saturated rings. The van der Waals surface area contributed by atoms with Crippen molar-refractivity contribution < 1.29 is 27.8 Å². The zero-order valence-corrected chi connectivity index (χ0v) is 20.8. The molecule has 7 nitrogen and oxygen atoms in total. The molecule has 4 rings (SSSR count). The van der Waals surface area contributed by atoms with Crippen molar-refractivity contribution in [3.8, 4) is 5.88 Å². The van der Waals surface area contributed by atoms with Gasteiger partial charge in [0.2, 0.25) is 5.88 Å². The molecule has 1 N–H and O–H groups in total. The molecule has 2 unspecified atom stereocenters. The van der Waals surface area contributed by atoms with Gasteiger partial charge in [0.05, 0.1) is 42.2 Å². The Morgan fingerprint density at radius 2 is 1.89 bits per heavy atom. The van der Waals surface area contributed by atoms with Gasteiger partial charge in [-0.3, -0.25) is 9.80 Å². The van der Waals surface area contributed by atoms with Crippen LogP contribution in [0.5, 0.6) is 5.88 Å². The van der Waals surface area contributed by atoms with Gasteiger partial charge in [-0.1, -0.05) is 30.7 Å². The van der Waals surface area contributed by atoms with Gasteiger partial charge in [0.15, 0.2) is 0 Å². The number of aliphatic carboxylic acids is 1. The van der Waals surface area contributed by atoms with Crippen molar-refractivity contribution in [3.05, 3.63) is 47.1 Å². The Kier molecular flexibility index (Phi) is 7.63. The summed E-state index contributed by atoms with van der Waals surface area (Å²) in [7, 11) is 1.57. The molecule has 194 valence electrons. The zero-order chi connectivity index (χ0) is 26.0. The van der Waals surface area contributed by atoms with Crippen molar-refractivity contribution in [1.29, 1.82) is 0 Å². The van der Waals surface area contributed by atoms with Crippen LogP contribution in [0.1, 0.15) is 31.7 Å². The summed E-state index contributed by atoms with van der Waals surface area (Å²) in [5.74, 6) is -1.23. The SMILES string of the molecule is COc1cc(N2CCC(Cc3ccc(N4N=C(C(F)(F)F)C(C)C4CC(=O)O)cc3)CC2)c(Cl)cn1. The van der Waals surface area contributed by atoms with Crippen LogP contribution in [0.3, 0.4) is 0 Å². The summed E-state index contributed by atoms with van der Waals surface area (Å²) in [5, 5.41) is 14.8. The van der Waals surface area contributed by atoms with Crippen molar-refractivity contribution >= 4 is 34.7 Å². The molecule has 2 aromatic rings. The number of carboxylic acid groups (broad SMARTS) is 1. The van der Waals surface area contributed by atoms with Crippen LogP contribution in [0.2, 0.25) is 5.02 Å². The van der Waals surface area contributed by atoms with Gasteiger partial charge >= 0.3 is 12.1 Å². The topological polar surface area (TPSA) is 78.3 Å². The molecule has 0 amide bonds. The molecule has 0 saturated carbocycles. The molecular weight excluding hydrogens is 497 g/mol. The zero-order valence-electron chi connectivity index (χ0n) is 20.0. The fraction of sp³-hybridized carbons (Fsp3) is 0.480. The number of rotatable bonds is 7. The lowest BCUT2D eigenvalue weighted by Crippen LogP contribution is -2.36. The number of piperidine rings is 1. The number of halogens is 4. The number of carboxylic acids is 1. The van der Waals surface area contributed by atoms with E-state index in [4.69, 9.17) is 16.3 Å². The number of carbonyl (C=O) groups is 1. The molecule has 2 aliphatic heterocycles. The minimum absolute atomic E-state index is 0.433. The fourth-order valence-corrected chi connectivity index (χ4v) is 5.16. The molecule has 3 heterocycles. The predicted molar refractivity (Wildman–Crippen MR) is 132 cm³/mol. The van der Waals surface area contributed by atoms with E-state index in [-0.39, 0.29) is 0 Å². The summed E-state index contributed by atoms with van der Waals surface area (Å²) in [4.78, 5) is 17.6. The van der Waals surface area contributed by atoms with Crippen LogP contribution >= 0.6 is 11.6 Å². The van der Waals surface area contributed by atoms with Gasteiger partial charge in [-0.05, 0) is 42.9 Å². The van der Waals surface area contributed by atoms with Crippen molar-refractivity contribution in [3.63, 3.8) is 0 Å². The minimum Gasteiger partial charge on any atom is -0.481 e. The Balaban J connectivity index is 1.41. The van der Waals surface area contributed by atoms with Crippen LogP contribution in [-0.4, -0.2) is 54.2 Å². The van der Waals surface area contributed by atoms with Gasteiger partial charge in [0, 0.05) is 25.1 Å². The van der Waals surface area contributed by atoms with Crippen molar-refractivity contribution in [2.45, 2.75) is 44.8 Å². The Morgan fingerprint density at radius 3 is 2.47 bits per heavy atom. The van der Waals surface area contributed by atoms with E-state index in [1.807, 2.05) is 18.2 Å². The maximum Gasteiger partial charge on any atom is 0.431 e. The van der Waals surface area contributed by atoms with Gasteiger partial charge in [-0.15, -0.1) is 0 Å². The molecular formula is C25H28ClF3N4O3. The summed E-state index contributed by atoms with van der Waals surface area (Å²) >= 11 is 6.33. The third kappa shape index (κ3) is 5.69. The number of hydrogen-bond acceptors (Lipinski definition) is 6. The second-order valence-electron chi connectivity index (χ2n) is 9.26. The van der Waals surface area contributed by atoms with Gasteiger partial charge in [-0.2, -0.15) is 18.3 Å². The average molecular weight is 525 g/mol. The molecule has 1 aromatic carbocycles. The lowest BCUT2D eigenvalue weighted by molar-refractivity contribution is -0.137. The van der Waals surface area contributed by atoms with Gasteiger partial charge in [-0.25, -0.2) is 4.98 Å². The van der Waals surface area contributed by atoms with Crippen molar-refractivity contribution in [2.75, 3.05) is 30.1 Å². The van der Waals surface area contributed by atoms with Gasteiger partial charge < -0.3 is 14.7 Å². The second kappa shape index (κ2) is 10.5. The van der Waals surface area contributed by atoms with Crippen LogP contribution < -0.4 is 14.6 Å². The number of ether oxygens (including phenoxy) is 1. The van der Waals surface area contributed by atoms with E-state index in [1.165, 1.54) is 11.9 Å². The smallest absolute Gasteiger partial charge is 0.431 e. The number of benzene rings is 1. The molecule has 2 aliphatic rings. The third-order valence-corrected chi connectivity index (χ3v) is 7.20. The summed E-state index contributed by atoms with van der Waals surface area (Å²) in [5.41, 5.74) is 1.48. The first-order valence-electron chi connectivity index (χ1n) is 11.8. The van der Waals surface area contributed by atoms with Crippen molar-refractivity contribution in [1.82, 2.24) is 4.98 Å². The largest absolute Gasteiger partial charge is 0.481 e. The quantitative estimate of drug-likeness (QED) is 0.521. The highest BCUT2D eigenvalue weighted by molar-refractivity contribution is 6.33.